The van der Waals surface area contributed by atoms with Gasteiger partial charge >= 0.3 is 5.63 Å². The van der Waals surface area contributed by atoms with E-state index in [1.807, 2.05) is 6.92 Å². The van der Waals surface area contributed by atoms with Crippen LogP contribution in [0.2, 0.25) is 0 Å². The topological polar surface area (TPSA) is 78.1 Å². The molecule has 0 saturated carbocycles. The number of aromatic hydroxyl groups is 1. The second-order valence-electron chi connectivity index (χ2n) is 5.06. The third kappa shape index (κ3) is 1.52. The standard InChI is InChI=1S/C16H12O6/c1-7-5-9(17)13(19-2)15-11(7)12-8(16(18)22-15)3-4-10-14(12)21-6-20-10/h3-5,17H,6H2,1-2H3. The summed E-state index contributed by atoms with van der Waals surface area (Å²) in [6, 6.07) is 4.89. The van der Waals surface area contributed by atoms with Crippen LogP contribution in [-0.4, -0.2) is 19.0 Å². The van der Waals surface area contributed by atoms with Crippen molar-refractivity contribution in [2.75, 3.05) is 13.9 Å². The molecule has 0 amide bonds. The fourth-order valence-corrected chi connectivity index (χ4v) is 2.90. The molecule has 0 aliphatic carbocycles. The van der Waals surface area contributed by atoms with Crippen LogP contribution < -0.4 is 19.8 Å². The molecule has 2 heterocycles. The number of rotatable bonds is 1. The molecule has 4 rings (SSSR count). The first kappa shape index (κ1) is 12.8. The van der Waals surface area contributed by atoms with Crippen LogP contribution >= 0.6 is 0 Å². The van der Waals surface area contributed by atoms with Crippen molar-refractivity contribution < 1.29 is 23.7 Å². The summed E-state index contributed by atoms with van der Waals surface area (Å²) in [5.74, 6) is 1.12. The molecule has 0 radical (unpaired) electrons. The fourth-order valence-electron chi connectivity index (χ4n) is 2.90. The average molecular weight is 300 g/mol. The second-order valence-corrected chi connectivity index (χ2v) is 5.06. The molecule has 0 saturated heterocycles. The van der Waals surface area contributed by atoms with Gasteiger partial charge in [0.25, 0.3) is 0 Å². The molecule has 6 heteroatoms. The molecular weight excluding hydrogens is 288 g/mol. The van der Waals surface area contributed by atoms with Crippen molar-refractivity contribution in [3.05, 3.63) is 34.2 Å². The van der Waals surface area contributed by atoms with Crippen molar-refractivity contribution in [1.82, 2.24) is 0 Å². The van der Waals surface area contributed by atoms with Crippen molar-refractivity contribution >= 4 is 21.7 Å². The van der Waals surface area contributed by atoms with E-state index in [2.05, 4.69) is 0 Å². The van der Waals surface area contributed by atoms with Crippen molar-refractivity contribution in [1.29, 1.82) is 0 Å². The molecule has 1 N–H and O–H groups in total. The molecule has 0 unspecified atom stereocenters. The number of hydrogen-bond acceptors (Lipinski definition) is 6. The van der Waals surface area contributed by atoms with Crippen LogP contribution in [0, 0.1) is 6.92 Å². The summed E-state index contributed by atoms with van der Waals surface area (Å²) in [5, 5.41) is 11.7. The zero-order chi connectivity index (χ0) is 15.4. The molecule has 22 heavy (non-hydrogen) atoms. The van der Waals surface area contributed by atoms with Gasteiger partial charge in [0.2, 0.25) is 12.5 Å². The molecule has 0 atom stereocenters. The molecule has 0 fully saturated rings. The Morgan fingerprint density at radius 3 is 2.82 bits per heavy atom. The Morgan fingerprint density at radius 1 is 1.23 bits per heavy atom. The molecule has 0 spiro atoms. The molecule has 1 aliphatic rings. The predicted molar refractivity (Wildman–Crippen MR) is 79.1 cm³/mol. The third-order valence-electron chi connectivity index (χ3n) is 3.82. The highest BCUT2D eigenvalue weighted by Crippen LogP contribution is 2.45. The fraction of sp³-hybridized carbons (Fsp3) is 0.188. The van der Waals surface area contributed by atoms with E-state index in [1.165, 1.54) is 7.11 Å². The maximum atomic E-state index is 12.3. The van der Waals surface area contributed by atoms with Crippen LogP contribution in [-0.2, 0) is 0 Å². The maximum absolute atomic E-state index is 12.3. The third-order valence-corrected chi connectivity index (χ3v) is 3.82. The molecule has 0 bridgehead atoms. The van der Waals surface area contributed by atoms with Crippen LogP contribution in [0.5, 0.6) is 23.0 Å². The Labute approximate surface area is 124 Å². The van der Waals surface area contributed by atoms with Crippen LogP contribution in [0.3, 0.4) is 0 Å². The van der Waals surface area contributed by atoms with Crippen LogP contribution in [0.25, 0.3) is 21.7 Å². The van der Waals surface area contributed by atoms with Gasteiger partial charge in [0, 0.05) is 10.8 Å². The van der Waals surface area contributed by atoms with Gasteiger partial charge in [0.15, 0.2) is 22.8 Å². The van der Waals surface area contributed by atoms with Gasteiger partial charge in [-0.15, -0.1) is 0 Å². The van der Waals surface area contributed by atoms with Crippen molar-refractivity contribution in [2.24, 2.45) is 0 Å². The van der Waals surface area contributed by atoms with E-state index in [9.17, 15) is 9.90 Å². The number of phenolic OH excluding ortho intramolecular Hbond substituents is 1. The lowest BCUT2D eigenvalue weighted by Crippen LogP contribution is -2.02. The summed E-state index contributed by atoms with van der Waals surface area (Å²) in [6.07, 6.45) is 0. The van der Waals surface area contributed by atoms with Crippen molar-refractivity contribution in [3.8, 4) is 23.0 Å². The van der Waals surface area contributed by atoms with E-state index < -0.39 is 5.63 Å². The molecule has 1 aliphatic heterocycles. The number of methoxy groups -OCH3 is 1. The summed E-state index contributed by atoms with van der Waals surface area (Å²) < 4.78 is 21.5. The summed E-state index contributed by atoms with van der Waals surface area (Å²) in [4.78, 5) is 12.3. The lowest BCUT2D eigenvalue weighted by Gasteiger charge is -2.12. The van der Waals surface area contributed by atoms with E-state index in [4.69, 9.17) is 18.6 Å². The summed E-state index contributed by atoms with van der Waals surface area (Å²) >= 11 is 0. The Morgan fingerprint density at radius 2 is 2.05 bits per heavy atom. The summed E-state index contributed by atoms with van der Waals surface area (Å²) in [6.45, 7) is 1.92. The zero-order valence-electron chi connectivity index (χ0n) is 11.9. The number of phenols is 1. The Hall–Kier alpha value is -2.89. The highest BCUT2D eigenvalue weighted by atomic mass is 16.7. The lowest BCUT2D eigenvalue weighted by molar-refractivity contribution is 0.175. The molecule has 112 valence electrons. The minimum Gasteiger partial charge on any atom is -0.504 e. The highest BCUT2D eigenvalue weighted by molar-refractivity contribution is 6.12. The Bertz CT molecular complexity index is 986. The second kappa shape index (κ2) is 4.30. The van der Waals surface area contributed by atoms with Crippen LogP contribution in [0.15, 0.2) is 27.4 Å². The molecule has 1 aromatic heterocycles. The van der Waals surface area contributed by atoms with Gasteiger partial charge in [-0.3, -0.25) is 0 Å². The smallest absolute Gasteiger partial charge is 0.344 e. The minimum absolute atomic E-state index is 0.0836. The van der Waals surface area contributed by atoms with Crippen LogP contribution in [0.4, 0.5) is 0 Å². The Balaban J connectivity index is 2.34. The largest absolute Gasteiger partial charge is 0.504 e. The number of ether oxygens (including phenoxy) is 3. The normalized spacial score (nSPS) is 13.0. The van der Waals surface area contributed by atoms with E-state index in [1.54, 1.807) is 18.2 Å². The van der Waals surface area contributed by atoms with E-state index >= 15 is 0 Å². The van der Waals surface area contributed by atoms with Gasteiger partial charge < -0.3 is 23.7 Å². The molecule has 6 nitrogen and oxygen atoms in total. The van der Waals surface area contributed by atoms with E-state index in [0.29, 0.717) is 27.7 Å². The van der Waals surface area contributed by atoms with Gasteiger partial charge in [-0.05, 0) is 30.7 Å². The molecule has 3 aromatic rings. The van der Waals surface area contributed by atoms with Crippen molar-refractivity contribution in [2.45, 2.75) is 6.92 Å². The first-order valence-electron chi connectivity index (χ1n) is 6.67. The first-order valence-corrected chi connectivity index (χ1v) is 6.67. The monoisotopic (exact) mass is 300 g/mol. The van der Waals surface area contributed by atoms with Gasteiger partial charge in [0.1, 0.15) is 0 Å². The number of hydrogen-bond donors (Lipinski definition) is 1. The average Bonchev–Trinajstić information content (AvgIpc) is 2.95. The van der Waals surface area contributed by atoms with E-state index in [-0.39, 0.29) is 23.9 Å². The Kier molecular flexibility index (Phi) is 2.51. The summed E-state index contributed by atoms with van der Waals surface area (Å²) in [7, 11) is 1.41. The van der Waals surface area contributed by atoms with Gasteiger partial charge in [0.05, 0.1) is 12.5 Å². The van der Waals surface area contributed by atoms with Gasteiger partial charge in [-0.25, -0.2) is 4.79 Å². The minimum atomic E-state index is -0.524. The molecule has 2 aromatic carbocycles. The van der Waals surface area contributed by atoms with Crippen molar-refractivity contribution in [3.63, 3.8) is 0 Å². The van der Waals surface area contributed by atoms with Gasteiger partial charge in [-0.2, -0.15) is 0 Å². The highest BCUT2D eigenvalue weighted by Gasteiger charge is 2.24. The maximum Gasteiger partial charge on any atom is 0.344 e. The lowest BCUT2D eigenvalue weighted by atomic mass is 10.0. The molecular formula is C16H12O6. The first-order chi connectivity index (χ1) is 10.6. The summed E-state index contributed by atoms with van der Waals surface area (Å²) in [5.41, 5.74) is 0.413. The number of benzene rings is 2. The predicted octanol–water partition coefficient (Wildman–Crippen LogP) is 2.70. The number of fused-ring (bicyclic) bond motifs is 5. The number of aryl methyl sites for hydroxylation is 1. The van der Waals surface area contributed by atoms with E-state index in [0.717, 1.165) is 5.56 Å². The zero-order valence-corrected chi connectivity index (χ0v) is 11.9. The van der Waals surface area contributed by atoms with Crippen LogP contribution in [0.1, 0.15) is 5.56 Å². The quantitative estimate of drug-likeness (QED) is 0.550. The SMILES string of the molecule is COc1c(O)cc(C)c2c1oc(=O)c1ccc3c(c12)OCO3. The van der Waals surface area contributed by atoms with Gasteiger partial charge in [-0.1, -0.05) is 0 Å².